The van der Waals surface area contributed by atoms with Crippen molar-refractivity contribution in [2.24, 2.45) is 0 Å². The number of rotatable bonds is 2. The van der Waals surface area contributed by atoms with Gasteiger partial charge in [0.1, 0.15) is 0 Å². The molecule has 5 heteroatoms. The van der Waals surface area contributed by atoms with Crippen molar-refractivity contribution in [3.63, 3.8) is 0 Å². The van der Waals surface area contributed by atoms with E-state index in [9.17, 15) is 0 Å². The largest absolute Gasteiger partial charge is 0.475 e. The van der Waals surface area contributed by atoms with Crippen molar-refractivity contribution in [2.45, 2.75) is 38.9 Å². The monoisotopic (exact) mass is 475 g/mol. The average Bonchev–Trinajstić information content (AvgIpc) is 2.69. The first-order valence-electron chi connectivity index (χ1n) is 7.18. The quantitative estimate of drug-likeness (QED) is 0.495. The molecule has 1 saturated heterocycles. The summed E-state index contributed by atoms with van der Waals surface area (Å²) in [4.78, 5) is 4.36. The van der Waals surface area contributed by atoms with Gasteiger partial charge in [0.05, 0.1) is 11.2 Å². The number of nitrogens with zero attached hydrogens (tertiary/aromatic N) is 1. The summed E-state index contributed by atoms with van der Waals surface area (Å²) >= 11 is 0. The Morgan fingerprint density at radius 3 is 2.32 bits per heavy atom. The van der Waals surface area contributed by atoms with Crippen molar-refractivity contribution >= 4 is 12.6 Å². The Balaban J connectivity index is 0.00000176. The van der Waals surface area contributed by atoms with E-state index in [1.165, 1.54) is 0 Å². The predicted octanol–water partition coefficient (Wildman–Crippen LogP) is 2.85. The fourth-order valence-corrected chi connectivity index (χ4v) is 2.28. The zero-order valence-corrected chi connectivity index (χ0v) is 15.5. The van der Waals surface area contributed by atoms with E-state index in [0.717, 1.165) is 16.7 Å². The third kappa shape index (κ3) is 3.20. The van der Waals surface area contributed by atoms with Gasteiger partial charge in [-0.15, -0.1) is 35.3 Å². The predicted molar refractivity (Wildman–Crippen MR) is 84.2 cm³/mol. The number of aromatic nitrogens is 1. The molecule has 118 valence electrons. The Morgan fingerprint density at radius 2 is 1.73 bits per heavy atom. The van der Waals surface area contributed by atoms with Crippen LogP contribution in [0.3, 0.4) is 0 Å². The van der Waals surface area contributed by atoms with Crippen LogP contribution in [0.2, 0.25) is 0 Å². The van der Waals surface area contributed by atoms with Crippen LogP contribution >= 0.6 is 0 Å². The molecule has 0 amide bonds. The molecule has 1 fully saturated rings. The van der Waals surface area contributed by atoms with Crippen molar-refractivity contribution in [3.8, 4) is 11.3 Å². The molecule has 3 nitrogen and oxygen atoms in total. The second kappa shape index (κ2) is 6.27. The summed E-state index contributed by atoms with van der Waals surface area (Å²) in [5.41, 5.74) is 2.18. The molecule has 0 radical (unpaired) electrons. The van der Waals surface area contributed by atoms with Gasteiger partial charge in [0, 0.05) is 27.3 Å². The van der Waals surface area contributed by atoms with Crippen LogP contribution in [-0.2, 0) is 30.4 Å². The molecule has 1 aromatic heterocycles. The molecule has 2 heterocycles. The van der Waals surface area contributed by atoms with E-state index in [0.29, 0.717) is 0 Å². The smallest absolute Gasteiger partial charge is 0.400 e. The van der Waals surface area contributed by atoms with Crippen LogP contribution in [0.1, 0.15) is 27.7 Å². The molecule has 0 saturated carbocycles. The molecule has 0 N–H and O–H groups in total. The fraction of sp³-hybridized carbons (Fsp3) is 0.353. The molecule has 22 heavy (non-hydrogen) atoms. The van der Waals surface area contributed by atoms with E-state index in [4.69, 9.17) is 9.31 Å². The van der Waals surface area contributed by atoms with Gasteiger partial charge in [-0.1, -0.05) is 12.1 Å². The van der Waals surface area contributed by atoms with E-state index in [-0.39, 0.29) is 39.4 Å². The maximum absolute atomic E-state index is 6.08. The second-order valence-electron chi connectivity index (χ2n) is 6.34. The molecular formula is C17H19BNO2Pt-. The summed E-state index contributed by atoms with van der Waals surface area (Å²) in [5, 5.41) is 0. The maximum Gasteiger partial charge on any atom is 0.475 e. The third-order valence-electron chi connectivity index (χ3n) is 4.29. The first-order valence-corrected chi connectivity index (χ1v) is 7.18. The van der Waals surface area contributed by atoms with Crippen LogP contribution in [0.25, 0.3) is 11.3 Å². The van der Waals surface area contributed by atoms with Crippen LogP contribution in [0.15, 0.2) is 42.6 Å². The van der Waals surface area contributed by atoms with Gasteiger partial charge >= 0.3 is 7.12 Å². The van der Waals surface area contributed by atoms with Crippen molar-refractivity contribution in [2.75, 3.05) is 0 Å². The van der Waals surface area contributed by atoms with E-state index in [1.807, 2.05) is 36.4 Å². The Labute approximate surface area is 146 Å². The van der Waals surface area contributed by atoms with Gasteiger partial charge in [0.25, 0.3) is 0 Å². The Kier molecular flexibility index (Phi) is 4.96. The summed E-state index contributed by atoms with van der Waals surface area (Å²) in [5.74, 6) is 0. The number of pyridine rings is 1. The molecule has 0 unspecified atom stereocenters. The van der Waals surface area contributed by atoms with Crippen LogP contribution in [0.4, 0.5) is 0 Å². The molecule has 0 spiro atoms. The van der Waals surface area contributed by atoms with Gasteiger partial charge in [-0.25, -0.2) is 0 Å². The Bertz CT molecular complexity index is 630. The minimum atomic E-state index is -0.355. The van der Waals surface area contributed by atoms with E-state index < -0.39 is 0 Å². The molecule has 1 aromatic carbocycles. The van der Waals surface area contributed by atoms with Crippen LogP contribution in [0.5, 0.6) is 0 Å². The fourth-order valence-electron chi connectivity index (χ4n) is 2.28. The topological polar surface area (TPSA) is 31.4 Å². The van der Waals surface area contributed by atoms with Crippen molar-refractivity contribution in [1.29, 1.82) is 0 Å². The first-order chi connectivity index (χ1) is 9.89. The molecule has 0 bridgehead atoms. The van der Waals surface area contributed by atoms with Gasteiger partial charge in [0.2, 0.25) is 0 Å². The van der Waals surface area contributed by atoms with E-state index in [2.05, 4.69) is 38.7 Å². The third-order valence-corrected chi connectivity index (χ3v) is 4.29. The number of hydrogen-bond acceptors (Lipinski definition) is 3. The molecule has 2 aromatic rings. The number of hydrogen-bond donors (Lipinski definition) is 0. The molecule has 0 aliphatic carbocycles. The van der Waals surface area contributed by atoms with Gasteiger partial charge in [0.15, 0.2) is 0 Å². The van der Waals surface area contributed by atoms with Gasteiger partial charge < -0.3 is 14.3 Å². The van der Waals surface area contributed by atoms with Crippen molar-refractivity contribution in [3.05, 3.63) is 48.7 Å². The minimum Gasteiger partial charge on any atom is -0.400 e. The summed E-state index contributed by atoms with van der Waals surface area (Å²) in [6, 6.07) is 15.0. The standard InChI is InChI=1S/C17H19BNO2.Pt/c1-16(2)17(3,4)21-18(20-16)14-9-7-8-13(12-14)15-10-5-6-11-19-15;/h5-7,9-12H,1-4H3;/q-1;. The molecule has 1 aliphatic heterocycles. The van der Waals surface area contributed by atoms with Gasteiger partial charge in [-0.3, -0.25) is 0 Å². The van der Waals surface area contributed by atoms with Crippen molar-refractivity contribution < 1.29 is 30.4 Å². The van der Waals surface area contributed by atoms with Crippen LogP contribution in [0, 0.1) is 6.07 Å². The average molecular weight is 475 g/mol. The Hall–Kier alpha value is -0.957. The van der Waals surface area contributed by atoms with Crippen molar-refractivity contribution in [1.82, 2.24) is 4.98 Å². The molecule has 0 atom stereocenters. The second-order valence-corrected chi connectivity index (χ2v) is 6.34. The van der Waals surface area contributed by atoms with Gasteiger partial charge in [-0.05, 0) is 39.5 Å². The number of benzene rings is 1. The molecular weight excluding hydrogens is 456 g/mol. The van der Waals surface area contributed by atoms with Crippen LogP contribution in [-0.4, -0.2) is 23.3 Å². The maximum atomic E-state index is 6.08. The van der Waals surface area contributed by atoms with Gasteiger partial charge in [-0.2, -0.15) is 0 Å². The van der Waals surface area contributed by atoms with E-state index in [1.54, 1.807) is 6.20 Å². The van der Waals surface area contributed by atoms with Crippen LogP contribution < -0.4 is 5.46 Å². The molecule has 1 aliphatic rings. The zero-order valence-electron chi connectivity index (χ0n) is 13.2. The first kappa shape index (κ1) is 17.4. The van der Waals surface area contributed by atoms with E-state index >= 15 is 0 Å². The zero-order chi connectivity index (χ0) is 15.1. The summed E-state index contributed by atoms with van der Waals surface area (Å²) in [6.45, 7) is 8.23. The normalized spacial score (nSPS) is 18.8. The molecule has 3 rings (SSSR count). The SMILES string of the molecule is CC1(C)OB(c2cc[c-]c(-c3ccccn3)c2)OC1(C)C.[Pt]. The summed E-state index contributed by atoms with van der Waals surface area (Å²) in [6.07, 6.45) is 1.78. The minimum absolute atomic E-state index is 0. The summed E-state index contributed by atoms with van der Waals surface area (Å²) in [7, 11) is -0.355. The summed E-state index contributed by atoms with van der Waals surface area (Å²) < 4.78 is 12.2. The Morgan fingerprint density at radius 1 is 1.05 bits per heavy atom.